The quantitative estimate of drug-likeness (QED) is 0.336. The number of amides is 1. The van der Waals surface area contributed by atoms with Crippen LogP contribution >= 0.6 is 0 Å². The van der Waals surface area contributed by atoms with Crippen molar-refractivity contribution in [3.8, 4) is 0 Å². The molecular weight excluding hydrogens is 472 g/mol. The second-order valence-electron chi connectivity index (χ2n) is 10.0. The van der Waals surface area contributed by atoms with Crippen molar-refractivity contribution in [1.82, 2.24) is 14.9 Å². The Labute approximate surface area is 216 Å². The van der Waals surface area contributed by atoms with Crippen molar-refractivity contribution in [2.75, 3.05) is 23.3 Å². The standard InChI is InChI=1S/C27H32N6O4/c1-27(2,3)37-26(34)31-15-14-22(18-31)30-24-23(33(35)36)25(29-19-28-24)32(16-20-10-6-4-7-11-20)17-21-12-8-5-9-13-21/h4-13,19,22H,14-18H2,1-3H3,(H,28,29,30)/t22-/m1/s1. The maximum absolute atomic E-state index is 12.5. The van der Waals surface area contributed by atoms with Gasteiger partial charge in [0, 0.05) is 32.2 Å². The van der Waals surface area contributed by atoms with E-state index in [1.807, 2.05) is 86.3 Å². The molecule has 10 heteroatoms. The monoisotopic (exact) mass is 504 g/mol. The number of nitro groups is 1. The molecule has 1 N–H and O–H groups in total. The number of hydrogen-bond acceptors (Lipinski definition) is 8. The number of carbonyl (C=O) groups is 1. The minimum Gasteiger partial charge on any atom is -0.444 e. The number of hydrogen-bond donors (Lipinski definition) is 1. The van der Waals surface area contributed by atoms with Gasteiger partial charge in [0.1, 0.15) is 11.9 Å². The van der Waals surface area contributed by atoms with E-state index in [9.17, 15) is 14.9 Å². The SMILES string of the molecule is CC(C)(C)OC(=O)N1CC[C@@H](Nc2ncnc(N(Cc3ccccc3)Cc3ccccc3)c2[N+](=O)[O-])C1. The van der Waals surface area contributed by atoms with E-state index in [1.54, 1.807) is 4.90 Å². The fourth-order valence-electron chi connectivity index (χ4n) is 4.25. The van der Waals surface area contributed by atoms with E-state index in [2.05, 4.69) is 15.3 Å². The van der Waals surface area contributed by atoms with Gasteiger partial charge in [-0.1, -0.05) is 60.7 Å². The first kappa shape index (κ1) is 25.9. The van der Waals surface area contributed by atoms with Crippen molar-refractivity contribution in [2.45, 2.75) is 51.9 Å². The number of rotatable bonds is 8. The first-order chi connectivity index (χ1) is 17.7. The lowest BCUT2D eigenvalue weighted by atomic mass is 10.1. The number of aromatic nitrogens is 2. The minimum absolute atomic E-state index is 0.136. The molecule has 1 aliphatic rings. The van der Waals surface area contributed by atoms with Gasteiger partial charge in [0.05, 0.1) is 4.92 Å². The summed E-state index contributed by atoms with van der Waals surface area (Å²) in [6.45, 7) is 7.18. The van der Waals surface area contributed by atoms with E-state index in [-0.39, 0.29) is 23.4 Å². The third-order valence-corrected chi connectivity index (χ3v) is 5.90. The van der Waals surface area contributed by atoms with Crippen molar-refractivity contribution in [2.24, 2.45) is 0 Å². The highest BCUT2D eigenvalue weighted by molar-refractivity contribution is 5.71. The Morgan fingerprint density at radius 3 is 2.22 bits per heavy atom. The van der Waals surface area contributed by atoms with Gasteiger partial charge >= 0.3 is 11.8 Å². The zero-order valence-electron chi connectivity index (χ0n) is 21.3. The number of ether oxygens (including phenoxy) is 1. The number of carbonyl (C=O) groups excluding carboxylic acids is 1. The largest absolute Gasteiger partial charge is 0.444 e. The van der Waals surface area contributed by atoms with Gasteiger partial charge in [-0.2, -0.15) is 0 Å². The third kappa shape index (κ3) is 6.93. The van der Waals surface area contributed by atoms with Gasteiger partial charge in [0.2, 0.25) is 11.6 Å². The van der Waals surface area contributed by atoms with Crippen LogP contribution in [-0.4, -0.2) is 50.6 Å². The van der Waals surface area contributed by atoms with E-state index in [1.165, 1.54) is 6.33 Å². The molecule has 1 aromatic heterocycles. The molecule has 0 aliphatic carbocycles. The molecule has 4 rings (SSSR count). The van der Waals surface area contributed by atoms with Crippen LogP contribution in [0.15, 0.2) is 67.0 Å². The Bertz CT molecular complexity index is 1180. The number of nitrogens with zero attached hydrogens (tertiary/aromatic N) is 5. The molecular formula is C27H32N6O4. The zero-order valence-corrected chi connectivity index (χ0v) is 21.3. The van der Waals surface area contributed by atoms with Crippen molar-refractivity contribution in [1.29, 1.82) is 0 Å². The lowest BCUT2D eigenvalue weighted by Crippen LogP contribution is -2.36. The van der Waals surface area contributed by atoms with E-state index in [0.717, 1.165) is 11.1 Å². The van der Waals surface area contributed by atoms with Gasteiger partial charge in [-0.15, -0.1) is 0 Å². The fourth-order valence-corrected chi connectivity index (χ4v) is 4.25. The Kier molecular flexibility index (Phi) is 7.86. The van der Waals surface area contributed by atoms with Crippen LogP contribution in [0.3, 0.4) is 0 Å². The molecule has 1 atom stereocenters. The highest BCUT2D eigenvalue weighted by Gasteiger charge is 2.33. The predicted octanol–water partition coefficient (Wildman–Crippen LogP) is 5.01. The first-order valence-electron chi connectivity index (χ1n) is 12.3. The summed E-state index contributed by atoms with van der Waals surface area (Å²) in [6, 6.07) is 19.3. The molecule has 1 fully saturated rings. The van der Waals surface area contributed by atoms with Crippen molar-refractivity contribution in [3.05, 3.63) is 88.2 Å². The topological polar surface area (TPSA) is 114 Å². The van der Waals surface area contributed by atoms with Gasteiger partial charge < -0.3 is 19.9 Å². The van der Waals surface area contributed by atoms with Gasteiger partial charge in [-0.25, -0.2) is 14.8 Å². The van der Waals surface area contributed by atoms with E-state index < -0.39 is 16.6 Å². The number of benzene rings is 2. The highest BCUT2D eigenvalue weighted by atomic mass is 16.6. The van der Waals surface area contributed by atoms with Crippen LogP contribution in [0.1, 0.15) is 38.3 Å². The van der Waals surface area contributed by atoms with E-state index >= 15 is 0 Å². The molecule has 0 radical (unpaired) electrons. The first-order valence-corrected chi connectivity index (χ1v) is 12.3. The minimum atomic E-state index is -0.593. The van der Waals surface area contributed by atoms with Crippen molar-refractivity contribution in [3.63, 3.8) is 0 Å². The molecule has 1 aliphatic heterocycles. The molecule has 10 nitrogen and oxygen atoms in total. The lowest BCUT2D eigenvalue weighted by Gasteiger charge is -2.25. The van der Waals surface area contributed by atoms with E-state index in [4.69, 9.17) is 4.74 Å². The molecule has 0 unspecified atom stereocenters. The Morgan fingerprint density at radius 2 is 1.68 bits per heavy atom. The molecule has 3 aromatic rings. The normalized spacial score (nSPS) is 15.3. The van der Waals surface area contributed by atoms with Crippen molar-refractivity contribution < 1.29 is 14.5 Å². The lowest BCUT2D eigenvalue weighted by molar-refractivity contribution is -0.383. The van der Waals surface area contributed by atoms with Gasteiger partial charge in [0.15, 0.2) is 0 Å². The second kappa shape index (κ2) is 11.2. The van der Waals surface area contributed by atoms with E-state index in [0.29, 0.717) is 32.6 Å². The fraction of sp³-hybridized carbons (Fsp3) is 0.370. The average Bonchev–Trinajstić information content (AvgIpc) is 3.32. The maximum Gasteiger partial charge on any atom is 0.410 e. The molecule has 0 bridgehead atoms. The van der Waals surface area contributed by atoms with Crippen LogP contribution in [0.25, 0.3) is 0 Å². The summed E-state index contributed by atoms with van der Waals surface area (Å²) in [5.74, 6) is 0.370. The molecule has 2 heterocycles. The van der Waals surface area contributed by atoms with Crippen molar-refractivity contribution >= 4 is 23.4 Å². The summed E-state index contributed by atoms with van der Waals surface area (Å²) in [4.78, 5) is 36.4. The Balaban J connectivity index is 1.60. The highest BCUT2D eigenvalue weighted by Crippen LogP contribution is 2.34. The van der Waals surface area contributed by atoms with Crippen LogP contribution in [0.4, 0.5) is 22.1 Å². The van der Waals surface area contributed by atoms with Gasteiger partial charge in [-0.3, -0.25) is 10.1 Å². The summed E-state index contributed by atoms with van der Waals surface area (Å²) in [7, 11) is 0. The van der Waals surface area contributed by atoms with Crippen LogP contribution < -0.4 is 10.2 Å². The molecule has 1 amide bonds. The van der Waals surface area contributed by atoms with Crippen LogP contribution in [0.2, 0.25) is 0 Å². The molecule has 37 heavy (non-hydrogen) atoms. The molecule has 1 saturated heterocycles. The molecule has 0 spiro atoms. The number of nitrogens with one attached hydrogen (secondary N) is 1. The van der Waals surface area contributed by atoms with Crippen LogP contribution in [0, 0.1) is 10.1 Å². The van der Waals surface area contributed by atoms with Crippen LogP contribution in [-0.2, 0) is 17.8 Å². The third-order valence-electron chi connectivity index (χ3n) is 5.90. The summed E-state index contributed by atoms with van der Waals surface area (Å²) < 4.78 is 5.46. The second-order valence-corrected chi connectivity index (χ2v) is 10.0. The van der Waals surface area contributed by atoms with Crippen LogP contribution in [0.5, 0.6) is 0 Å². The average molecular weight is 505 g/mol. The Hall–Kier alpha value is -4.21. The zero-order chi connectivity index (χ0) is 26.4. The predicted molar refractivity (Wildman–Crippen MR) is 141 cm³/mol. The molecule has 194 valence electrons. The Morgan fingerprint density at radius 1 is 1.08 bits per heavy atom. The van der Waals surface area contributed by atoms with Gasteiger partial charge in [0.25, 0.3) is 0 Å². The van der Waals surface area contributed by atoms with Gasteiger partial charge in [-0.05, 0) is 38.3 Å². The summed E-state index contributed by atoms with van der Waals surface area (Å²) in [5, 5.41) is 15.5. The molecule has 2 aromatic carbocycles. The number of likely N-dealkylation sites (tertiary alicyclic amines) is 1. The summed E-state index contributed by atoms with van der Waals surface area (Å²) >= 11 is 0. The maximum atomic E-state index is 12.5. The smallest absolute Gasteiger partial charge is 0.410 e. The summed E-state index contributed by atoms with van der Waals surface area (Å²) in [6.07, 6.45) is 1.56. The number of anilines is 2. The molecule has 0 saturated carbocycles. The summed E-state index contributed by atoms with van der Waals surface area (Å²) in [5.41, 5.74) is 1.23.